The minimum atomic E-state index is -0.797. The minimum Gasteiger partial charge on any atom is -0.483 e. The molecular formula is C29H44BrN5O5. The van der Waals surface area contributed by atoms with Crippen LogP contribution in [-0.4, -0.2) is 102 Å². The van der Waals surface area contributed by atoms with Crippen LogP contribution in [0.3, 0.4) is 0 Å². The number of likely N-dealkylation sites (N-methyl/N-ethyl adjacent to an activating group) is 1. The van der Waals surface area contributed by atoms with Gasteiger partial charge in [0.15, 0.2) is 6.61 Å². The lowest BCUT2D eigenvalue weighted by Gasteiger charge is -2.36. The van der Waals surface area contributed by atoms with E-state index in [0.717, 1.165) is 19.5 Å². The van der Waals surface area contributed by atoms with Gasteiger partial charge in [-0.15, -0.1) is 0 Å². The first-order chi connectivity index (χ1) is 18.7. The van der Waals surface area contributed by atoms with Crippen LogP contribution in [0.4, 0.5) is 0 Å². The summed E-state index contributed by atoms with van der Waals surface area (Å²) >= 11 is 3.40. The first-order valence-electron chi connectivity index (χ1n) is 14.1. The van der Waals surface area contributed by atoms with Crippen molar-refractivity contribution in [2.45, 2.75) is 71.5 Å². The van der Waals surface area contributed by atoms with Crippen LogP contribution in [0.5, 0.6) is 5.75 Å². The van der Waals surface area contributed by atoms with Gasteiger partial charge in [-0.1, -0.05) is 29.8 Å². The zero-order valence-electron chi connectivity index (χ0n) is 24.6. The monoisotopic (exact) mass is 621 g/mol. The summed E-state index contributed by atoms with van der Waals surface area (Å²) in [6, 6.07) is 3.64. The van der Waals surface area contributed by atoms with E-state index in [1.807, 2.05) is 46.6 Å². The van der Waals surface area contributed by atoms with E-state index in [9.17, 15) is 19.2 Å². The average molecular weight is 623 g/mol. The highest BCUT2D eigenvalue weighted by Gasteiger charge is 2.40. The van der Waals surface area contributed by atoms with Crippen molar-refractivity contribution < 1.29 is 23.9 Å². The van der Waals surface area contributed by atoms with Crippen molar-refractivity contribution in [2.75, 3.05) is 46.4 Å². The molecule has 0 unspecified atom stereocenters. The van der Waals surface area contributed by atoms with E-state index in [0.29, 0.717) is 36.9 Å². The summed E-state index contributed by atoms with van der Waals surface area (Å²) in [5, 5.41) is 5.75. The Labute approximate surface area is 246 Å². The maximum Gasteiger partial charge on any atom is 0.258 e. The number of amides is 4. The number of nitrogens with zero attached hydrogens (tertiary/aromatic N) is 3. The molecule has 0 aliphatic carbocycles. The summed E-state index contributed by atoms with van der Waals surface area (Å²) in [4.78, 5) is 58.7. The third-order valence-corrected chi connectivity index (χ3v) is 7.50. The average Bonchev–Trinajstić information content (AvgIpc) is 3.35. The number of halogens is 1. The molecule has 0 saturated carbocycles. The van der Waals surface area contributed by atoms with Crippen LogP contribution in [0, 0.1) is 5.92 Å². The highest BCUT2D eigenvalue weighted by Crippen LogP contribution is 2.26. The Balaban J connectivity index is 1.74. The first-order valence-corrected chi connectivity index (χ1v) is 14.9. The third-order valence-electron chi connectivity index (χ3n) is 7.01. The summed E-state index contributed by atoms with van der Waals surface area (Å²) in [6.07, 6.45) is 1.80. The van der Waals surface area contributed by atoms with Gasteiger partial charge in [-0.2, -0.15) is 0 Å². The second-order valence-electron chi connectivity index (χ2n) is 12.2. The number of rotatable bonds is 9. The van der Waals surface area contributed by atoms with Crippen molar-refractivity contribution in [1.82, 2.24) is 25.3 Å². The predicted molar refractivity (Wildman–Crippen MR) is 157 cm³/mol. The quantitative estimate of drug-likeness (QED) is 0.439. The van der Waals surface area contributed by atoms with Crippen LogP contribution in [-0.2, 0) is 14.4 Å². The smallest absolute Gasteiger partial charge is 0.258 e. The van der Waals surface area contributed by atoms with Gasteiger partial charge in [0.05, 0.1) is 5.56 Å². The number of piperazine rings is 1. The van der Waals surface area contributed by atoms with Crippen molar-refractivity contribution in [3.63, 3.8) is 0 Å². The number of carbonyl (C=O) groups excluding carboxylic acids is 4. The van der Waals surface area contributed by atoms with Crippen molar-refractivity contribution in [3.8, 4) is 5.75 Å². The summed E-state index contributed by atoms with van der Waals surface area (Å²) in [7, 11) is 2.04. The van der Waals surface area contributed by atoms with Gasteiger partial charge in [-0.05, 0) is 71.2 Å². The fraction of sp³-hybridized carbons (Fsp3) is 0.655. The molecule has 0 radical (unpaired) electrons. The number of likely N-dealkylation sites (tertiary alicyclic amines) is 1. The maximum absolute atomic E-state index is 13.8. The molecule has 11 heteroatoms. The second-order valence-corrected chi connectivity index (χ2v) is 13.1. The van der Waals surface area contributed by atoms with Crippen LogP contribution in [0.2, 0.25) is 0 Å². The van der Waals surface area contributed by atoms with Crippen LogP contribution in [0.1, 0.15) is 64.2 Å². The molecule has 1 aromatic rings. The third kappa shape index (κ3) is 8.92. The van der Waals surface area contributed by atoms with Crippen molar-refractivity contribution in [1.29, 1.82) is 0 Å². The number of ether oxygens (including phenoxy) is 1. The molecule has 4 amide bonds. The van der Waals surface area contributed by atoms with Gasteiger partial charge in [0.2, 0.25) is 11.8 Å². The topological polar surface area (TPSA) is 111 Å². The standard InChI is InChI=1S/C29H44BrN5O5/c1-19(2)16-22(27(38)35-11-7-8-23(35)28(39)34-14-12-33(6)13-15-34)31-26(37)21-10-9-20(30)17-24(21)40-18-25(36)32-29(3,4)5/h9-10,17,19,22-23H,7-8,11-16,18H2,1-6H3,(H,31,37)(H,32,36)/t22-,23-/m1/s1. The highest BCUT2D eigenvalue weighted by molar-refractivity contribution is 9.10. The van der Waals surface area contributed by atoms with Crippen LogP contribution < -0.4 is 15.4 Å². The molecule has 0 bridgehead atoms. The van der Waals surface area contributed by atoms with Gasteiger partial charge in [-0.25, -0.2) is 0 Å². The van der Waals surface area contributed by atoms with Gasteiger partial charge >= 0.3 is 0 Å². The molecule has 10 nitrogen and oxygen atoms in total. The minimum absolute atomic E-state index is 0.00861. The van der Waals surface area contributed by atoms with Crippen LogP contribution >= 0.6 is 15.9 Å². The Morgan fingerprint density at radius 1 is 1.07 bits per heavy atom. The van der Waals surface area contributed by atoms with E-state index >= 15 is 0 Å². The van der Waals surface area contributed by atoms with Crippen molar-refractivity contribution >= 4 is 39.6 Å². The van der Waals surface area contributed by atoms with Crippen LogP contribution in [0.25, 0.3) is 0 Å². The Morgan fingerprint density at radius 2 is 1.75 bits per heavy atom. The zero-order valence-corrected chi connectivity index (χ0v) is 26.2. The lowest BCUT2D eigenvalue weighted by atomic mass is 10.0. The summed E-state index contributed by atoms with van der Waals surface area (Å²) in [5.74, 6) is -0.668. The fourth-order valence-corrected chi connectivity index (χ4v) is 5.39. The Hall–Kier alpha value is -2.66. The molecule has 2 heterocycles. The van der Waals surface area contributed by atoms with E-state index < -0.39 is 23.5 Å². The molecule has 2 saturated heterocycles. The molecule has 2 atom stereocenters. The van der Waals surface area contributed by atoms with E-state index in [1.54, 1.807) is 23.1 Å². The van der Waals surface area contributed by atoms with Gasteiger partial charge in [0.1, 0.15) is 17.8 Å². The highest BCUT2D eigenvalue weighted by atomic mass is 79.9. The number of nitrogens with one attached hydrogen (secondary N) is 2. The fourth-order valence-electron chi connectivity index (χ4n) is 5.05. The van der Waals surface area contributed by atoms with Crippen LogP contribution in [0.15, 0.2) is 22.7 Å². The number of hydrogen-bond donors (Lipinski definition) is 2. The largest absolute Gasteiger partial charge is 0.483 e. The molecule has 40 heavy (non-hydrogen) atoms. The molecule has 1 aromatic carbocycles. The van der Waals surface area contributed by atoms with Crippen molar-refractivity contribution in [2.24, 2.45) is 5.92 Å². The van der Waals surface area contributed by atoms with Gasteiger partial charge < -0.3 is 30.1 Å². The Kier molecular flexibility index (Phi) is 11.0. The SMILES string of the molecule is CC(C)C[C@@H](NC(=O)c1ccc(Br)cc1OCC(=O)NC(C)(C)C)C(=O)N1CCC[C@@H]1C(=O)N1CCN(C)CC1. The van der Waals surface area contributed by atoms with E-state index in [2.05, 4.69) is 31.5 Å². The molecule has 0 spiro atoms. The van der Waals surface area contributed by atoms with E-state index in [-0.39, 0.29) is 41.6 Å². The Bertz CT molecular complexity index is 1080. The summed E-state index contributed by atoms with van der Waals surface area (Å²) in [6.45, 7) is 12.8. The molecule has 2 N–H and O–H groups in total. The number of hydrogen-bond acceptors (Lipinski definition) is 6. The molecule has 2 aliphatic heterocycles. The number of carbonyl (C=O) groups is 4. The lowest BCUT2D eigenvalue weighted by molar-refractivity contribution is -0.145. The molecule has 3 rings (SSSR count). The van der Waals surface area contributed by atoms with E-state index in [4.69, 9.17) is 4.74 Å². The zero-order chi connectivity index (χ0) is 29.6. The molecule has 2 fully saturated rings. The summed E-state index contributed by atoms with van der Waals surface area (Å²) < 4.78 is 6.43. The predicted octanol–water partition coefficient (Wildman–Crippen LogP) is 2.65. The Morgan fingerprint density at radius 3 is 2.38 bits per heavy atom. The van der Waals surface area contributed by atoms with Gasteiger partial charge in [0.25, 0.3) is 11.8 Å². The molecule has 2 aliphatic rings. The van der Waals surface area contributed by atoms with Crippen molar-refractivity contribution in [3.05, 3.63) is 28.2 Å². The lowest BCUT2D eigenvalue weighted by Crippen LogP contribution is -2.56. The van der Waals surface area contributed by atoms with Gasteiger partial charge in [-0.3, -0.25) is 19.2 Å². The van der Waals surface area contributed by atoms with E-state index in [1.165, 1.54) is 0 Å². The number of benzene rings is 1. The molecule has 222 valence electrons. The first kappa shape index (κ1) is 31.9. The normalized spacial score (nSPS) is 18.9. The second kappa shape index (κ2) is 13.8. The maximum atomic E-state index is 13.8. The van der Waals surface area contributed by atoms with Gasteiger partial charge in [0, 0.05) is 42.7 Å². The molecule has 0 aromatic heterocycles. The summed E-state index contributed by atoms with van der Waals surface area (Å²) in [5.41, 5.74) is -0.193. The molecular weight excluding hydrogens is 578 g/mol.